The fraction of sp³-hybridized carbons (Fsp3) is 0.160. The van der Waals surface area contributed by atoms with E-state index in [4.69, 9.17) is 0 Å². The molecule has 0 aliphatic heterocycles. The number of nitrogens with one attached hydrogen (secondary N) is 1. The van der Waals surface area contributed by atoms with Crippen LogP contribution in [-0.4, -0.2) is 21.3 Å². The number of carbonyl (C=O) groups is 1. The predicted octanol–water partition coefficient (Wildman–Crippen LogP) is 3.77. The first kappa shape index (κ1) is 21.6. The summed E-state index contributed by atoms with van der Waals surface area (Å²) in [7, 11) is 0. The van der Waals surface area contributed by atoms with Crippen LogP contribution in [0.15, 0.2) is 93.3 Å². The lowest BCUT2D eigenvalue weighted by Gasteiger charge is -2.14. The summed E-state index contributed by atoms with van der Waals surface area (Å²) in [4.78, 5) is 40.1. The van der Waals surface area contributed by atoms with Gasteiger partial charge < -0.3 is 5.32 Å². The van der Waals surface area contributed by atoms with Crippen molar-refractivity contribution in [1.29, 1.82) is 0 Å². The van der Waals surface area contributed by atoms with Gasteiger partial charge >= 0.3 is 5.69 Å². The van der Waals surface area contributed by atoms with Crippen LogP contribution >= 0.6 is 11.8 Å². The number of hydrogen-bond acceptors (Lipinski definition) is 4. The Morgan fingerprint density at radius 1 is 0.906 bits per heavy atom. The highest BCUT2D eigenvalue weighted by atomic mass is 32.2. The normalized spacial score (nSPS) is 10.9. The Hall–Kier alpha value is -3.58. The molecular weight excluding hydrogens is 422 g/mol. The molecule has 7 heteroatoms. The molecule has 0 spiro atoms. The lowest BCUT2D eigenvalue weighted by atomic mass is 10.1. The van der Waals surface area contributed by atoms with Crippen molar-refractivity contribution >= 4 is 34.3 Å². The number of rotatable bonds is 7. The molecular formula is C25H23N3O3S. The SMILES string of the molecule is CSc1cccc(NC(=O)Cn2c(=O)n(CCc3ccccc3)c(=O)c3ccccc32)c1. The Morgan fingerprint density at radius 2 is 1.66 bits per heavy atom. The third-order valence-electron chi connectivity index (χ3n) is 5.25. The maximum atomic E-state index is 13.3. The average molecular weight is 446 g/mol. The van der Waals surface area contributed by atoms with E-state index in [9.17, 15) is 14.4 Å². The number of aromatic nitrogens is 2. The number of carbonyl (C=O) groups excluding carboxylic acids is 1. The molecule has 1 N–H and O–H groups in total. The van der Waals surface area contributed by atoms with Crippen LogP contribution in [0.5, 0.6) is 0 Å². The van der Waals surface area contributed by atoms with Crippen LogP contribution in [-0.2, 0) is 24.3 Å². The Bertz CT molecular complexity index is 1380. The van der Waals surface area contributed by atoms with Gasteiger partial charge in [0, 0.05) is 17.1 Å². The molecule has 0 aliphatic carbocycles. The van der Waals surface area contributed by atoms with Crippen molar-refractivity contribution < 1.29 is 4.79 Å². The minimum absolute atomic E-state index is 0.186. The minimum Gasteiger partial charge on any atom is -0.324 e. The van der Waals surface area contributed by atoms with E-state index in [1.54, 1.807) is 42.1 Å². The average Bonchev–Trinajstić information content (AvgIpc) is 2.82. The third-order valence-corrected chi connectivity index (χ3v) is 5.98. The van der Waals surface area contributed by atoms with Crippen LogP contribution in [0.2, 0.25) is 0 Å². The van der Waals surface area contributed by atoms with Crippen LogP contribution < -0.4 is 16.6 Å². The van der Waals surface area contributed by atoms with Crippen LogP contribution in [0, 0.1) is 0 Å². The number of anilines is 1. The molecule has 4 rings (SSSR count). The van der Waals surface area contributed by atoms with E-state index in [0.29, 0.717) is 23.0 Å². The molecule has 0 atom stereocenters. The van der Waals surface area contributed by atoms with Gasteiger partial charge in [0.15, 0.2) is 0 Å². The molecule has 1 amide bonds. The summed E-state index contributed by atoms with van der Waals surface area (Å²) >= 11 is 1.58. The molecule has 1 heterocycles. The van der Waals surface area contributed by atoms with Crippen LogP contribution in [0.1, 0.15) is 5.56 Å². The van der Waals surface area contributed by atoms with Gasteiger partial charge in [0.25, 0.3) is 5.56 Å². The Labute approximate surface area is 189 Å². The van der Waals surface area contributed by atoms with E-state index in [0.717, 1.165) is 10.5 Å². The van der Waals surface area contributed by atoms with Crippen molar-refractivity contribution in [3.8, 4) is 0 Å². The van der Waals surface area contributed by atoms with E-state index in [1.807, 2.05) is 54.8 Å². The van der Waals surface area contributed by atoms with E-state index in [1.165, 1.54) is 9.13 Å². The minimum atomic E-state index is -0.488. The van der Waals surface area contributed by atoms with E-state index in [2.05, 4.69) is 5.32 Å². The number of nitrogens with zero attached hydrogens (tertiary/aromatic N) is 2. The predicted molar refractivity (Wildman–Crippen MR) is 129 cm³/mol. The quantitative estimate of drug-likeness (QED) is 0.440. The third kappa shape index (κ3) is 4.68. The van der Waals surface area contributed by atoms with Gasteiger partial charge in [-0.1, -0.05) is 48.5 Å². The number of benzene rings is 3. The molecule has 0 fully saturated rings. The second-order valence-electron chi connectivity index (χ2n) is 7.36. The first-order valence-electron chi connectivity index (χ1n) is 10.3. The van der Waals surface area contributed by atoms with E-state index >= 15 is 0 Å². The second-order valence-corrected chi connectivity index (χ2v) is 8.24. The number of fused-ring (bicyclic) bond motifs is 1. The number of hydrogen-bond donors (Lipinski definition) is 1. The molecule has 0 aliphatic rings. The van der Waals surface area contributed by atoms with Crippen LogP contribution in [0.25, 0.3) is 10.9 Å². The molecule has 0 bridgehead atoms. The van der Waals surface area contributed by atoms with Gasteiger partial charge in [0.2, 0.25) is 5.91 Å². The summed E-state index contributed by atoms with van der Waals surface area (Å²) < 4.78 is 2.59. The second kappa shape index (κ2) is 9.70. The van der Waals surface area contributed by atoms with Gasteiger partial charge in [-0.15, -0.1) is 11.8 Å². The topological polar surface area (TPSA) is 73.1 Å². The van der Waals surface area contributed by atoms with Crippen molar-refractivity contribution in [2.75, 3.05) is 11.6 Å². The Kier molecular flexibility index (Phi) is 6.56. The summed E-state index contributed by atoms with van der Waals surface area (Å²) in [6.45, 7) is 0.0539. The molecule has 1 aromatic heterocycles. The fourth-order valence-electron chi connectivity index (χ4n) is 3.65. The molecule has 0 unspecified atom stereocenters. The lowest BCUT2D eigenvalue weighted by Crippen LogP contribution is -2.42. The van der Waals surface area contributed by atoms with Crippen molar-refractivity contribution in [3.05, 3.63) is 105 Å². The van der Waals surface area contributed by atoms with Gasteiger partial charge in [-0.25, -0.2) is 4.79 Å². The maximum absolute atomic E-state index is 13.3. The number of amides is 1. The first-order chi connectivity index (χ1) is 15.6. The molecule has 0 radical (unpaired) electrons. The van der Waals surface area contributed by atoms with Crippen LogP contribution in [0.3, 0.4) is 0 Å². The Balaban J connectivity index is 1.67. The monoisotopic (exact) mass is 445 g/mol. The van der Waals surface area contributed by atoms with Gasteiger partial charge in [0.1, 0.15) is 6.54 Å². The van der Waals surface area contributed by atoms with Gasteiger partial charge in [-0.3, -0.25) is 18.7 Å². The molecule has 3 aromatic carbocycles. The Morgan fingerprint density at radius 3 is 2.44 bits per heavy atom. The zero-order chi connectivity index (χ0) is 22.5. The molecule has 32 heavy (non-hydrogen) atoms. The molecule has 0 saturated carbocycles. The highest BCUT2D eigenvalue weighted by Crippen LogP contribution is 2.19. The molecule has 4 aromatic rings. The lowest BCUT2D eigenvalue weighted by molar-refractivity contribution is -0.116. The fourth-order valence-corrected chi connectivity index (χ4v) is 4.11. The highest BCUT2D eigenvalue weighted by Gasteiger charge is 2.15. The number of thioether (sulfide) groups is 1. The first-order valence-corrected chi connectivity index (χ1v) is 11.5. The number of para-hydroxylation sites is 1. The summed E-state index contributed by atoms with van der Waals surface area (Å²) in [5.74, 6) is -0.330. The van der Waals surface area contributed by atoms with Crippen LogP contribution in [0.4, 0.5) is 5.69 Å². The van der Waals surface area contributed by atoms with Crippen molar-refractivity contribution in [2.45, 2.75) is 24.4 Å². The van der Waals surface area contributed by atoms with E-state index < -0.39 is 5.69 Å². The largest absolute Gasteiger partial charge is 0.331 e. The van der Waals surface area contributed by atoms with Crippen molar-refractivity contribution in [1.82, 2.24) is 9.13 Å². The highest BCUT2D eigenvalue weighted by molar-refractivity contribution is 7.98. The van der Waals surface area contributed by atoms with Gasteiger partial charge in [-0.2, -0.15) is 0 Å². The van der Waals surface area contributed by atoms with Gasteiger partial charge in [0.05, 0.1) is 10.9 Å². The summed E-state index contributed by atoms with van der Waals surface area (Å²) in [5.41, 5.74) is 1.32. The summed E-state index contributed by atoms with van der Waals surface area (Å²) in [6, 6.07) is 24.1. The zero-order valence-corrected chi connectivity index (χ0v) is 18.5. The van der Waals surface area contributed by atoms with Crippen molar-refractivity contribution in [3.63, 3.8) is 0 Å². The maximum Gasteiger partial charge on any atom is 0.331 e. The van der Waals surface area contributed by atoms with Crippen molar-refractivity contribution in [2.24, 2.45) is 0 Å². The molecule has 6 nitrogen and oxygen atoms in total. The molecule has 0 saturated heterocycles. The zero-order valence-electron chi connectivity index (χ0n) is 17.7. The standard InChI is InChI=1S/C25H23N3O3S/c1-32-20-11-7-10-19(16-20)26-23(29)17-28-22-13-6-5-12-21(22)24(30)27(25(28)31)15-14-18-8-3-2-4-9-18/h2-13,16H,14-15,17H2,1H3,(H,26,29). The van der Waals surface area contributed by atoms with Gasteiger partial charge in [-0.05, 0) is 48.6 Å². The van der Waals surface area contributed by atoms with E-state index in [-0.39, 0.29) is 24.6 Å². The smallest absolute Gasteiger partial charge is 0.324 e. The number of aryl methyl sites for hydroxylation is 1. The summed E-state index contributed by atoms with van der Waals surface area (Å²) in [5, 5.41) is 3.26. The molecule has 162 valence electrons. The summed E-state index contributed by atoms with van der Waals surface area (Å²) in [6.07, 6.45) is 2.51.